The predicted molar refractivity (Wildman–Crippen MR) is 98.2 cm³/mol. The van der Waals surface area contributed by atoms with Crippen LogP contribution in [0.5, 0.6) is 5.75 Å². The van der Waals surface area contributed by atoms with Crippen LogP contribution in [0.1, 0.15) is 17.5 Å². The number of rotatable bonds is 5. The molecule has 1 aliphatic heterocycles. The quantitative estimate of drug-likeness (QED) is 0.875. The summed E-state index contributed by atoms with van der Waals surface area (Å²) in [5, 5.41) is 2.38. The second kappa shape index (κ2) is 8.07. The number of halogens is 1. The van der Waals surface area contributed by atoms with E-state index in [9.17, 15) is 14.0 Å². The van der Waals surface area contributed by atoms with Gasteiger partial charge in [-0.25, -0.2) is 9.18 Å². The maximum atomic E-state index is 13.0. The van der Waals surface area contributed by atoms with Crippen LogP contribution in [0, 0.1) is 12.7 Å². The van der Waals surface area contributed by atoms with E-state index in [1.54, 1.807) is 29.2 Å². The van der Waals surface area contributed by atoms with Crippen molar-refractivity contribution in [2.45, 2.75) is 26.1 Å². The molecule has 1 fully saturated rings. The van der Waals surface area contributed by atoms with Crippen LogP contribution >= 0.6 is 0 Å². The van der Waals surface area contributed by atoms with Crippen LogP contribution in [0.3, 0.4) is 0 Å². The minimum Gasteiger partial charge on any atom is -0.489 e. The maximum absolute atomic E-state index is 13.0. The molecule has 0 spiro atoms. The number of amides is 2. The summed E-state index contributed by atoms with van der Waals surface area (Å²) in [6, 6.07) is 11.6. The Labute approximate surface area is 156 Å². The molecule has 0 saturated carbocycles. The first-order valence-electron chi connectivity index (χ1n) is 8.63. The highest BCUT2D eigenvalue weighted by Crippen LogP contribution is 2.28. The number of anilines is 1. The Hall–Kier alpha value is -3.09. The van der Waals surface area contributed by atoms with Gasteiger partial charge < -0.3 is 19.7 Å². The van der Waals surface area contributed by atoms with E-state index in [-0.39, 0.29) is 18.1 Å². The SMILES string of the molecule is CNC(=O)OC1CC(=O)N(c2ccc(OCc3ccc(F)cc3)c(C)c2)C1. The van der Waals surface area contributed by atoms with Crippen molar-refractivity contribution in [2.24, 2.45) is 0 Å². The fourth-order valence-electron chi connectivity index (χ4n) is 2.92. The second-order valence-corrected chi connectivity index (χ2v) is 6.35. The van der Waals surface area contributed by atoms with Gasteiger partial charge in [0.1, 0.15) is 24.3 Å². The Kier molecular flexibility index (Phi) is 5.59. The molecule has 2 aromatic carbocycles. The van der Waals surface area contributed by atoms with Gasteiger partial charge in [0, 0.05) is 12.7 Å². The van der Waals surface area contributed by atoms with Crippen LogP contribution in [0.25, 0.3) is 0 Å². The average molecular weight is 372 g/mol. The highest BCUT2D eigenvalue weighted by Gasteiger charge is 2.33. The third kappa shape index (κ3) is 4.55. The van der Waals surface area contributed by atoms with Crippen molar-refractivity contribution in [2.75, 3.05) is 18.5 Å². The van der Waals surface area contributed by atoms with Crippen LogP contribution in [0.4, 0.5) is 14.9 Å². The molecule has 142 valence electrons. The molecular formula is C20H21FN2O4. The summed E-state index contributed by atoms with van der Waals surface area (Å²) in [4.78, 5) is 25.2. The van der Waals surface area contributed by atoms with E-state index in [0.717, 1.165) is 16.8 Å². The molecule has 0 aromatic heterocycles. The van der Waals surface area contributed by atoms with Crippen LogP contribution < -0.4 is 15.0 Å². The molecule has 27 heavy (non-hydrogen) atoms. The van der Waals surface area contributed by atoms with Crippen LogP contribution in [0.2, 0.25) is 0 Å². The van der Waals surface area contributed by atoms with Gasteiger partial charge in [0.25, 0.3) is 0 Å². The van der Waals surface area contributed by atoms with E-state index in [0.29, 0.717) is 18.9 Å². The lowest BCUT2D eigenvalue weighted by Crippen LogP contribution is -2.29. The maximum Gasteiger partial charge on any atom is 0.407 e. The summed E-state index contributed by atoms with van der Waals surface area (Å²) < 4.78 is 23.9. The number of aryl methyl sites for hydroxylation is 1. The van der Waals surface area contributed by atoms with Crippen LogP contribution in [-0.2, 0) is 16.1 Å². The van der Waals surface area contributed by atoms with Gasteiger partial charge in [-0.3, -0.25) is 4.79 Å². The molecule has 0 radical (unpaired) electrons. The lowest BCUT2D eigenvalue weighted by Gasteiger charge is -2.18. The molecular weight excluding hydrogens is 351 g/mol. The van der Waals surface area contributed by atoms with E-state index in [4.69, 9.17) is 9.47 Å². The summed E-state index contributed by atoms with van der Waals surface area (Å²) >= 11 is 0. The van der Waals surface area contributed by atoms with E-state index in [1.807, 2.05) is 13.0 Å². The molecule has 7 heteroatoms. The lowest BCUT2D eigenvalue weighted by molar-refractivity contribution is -0.117. The second-order valence-electron chi connectivity index (χ2n) is 6.35. The monoisotopic (exact) mass is 372 g/mol. The molecule has 1 unspecified atom stereocenters. The van der Waals surface area contributed by atoms with Gasteiger partial charge in [-0.15, -0.1) is 0 Å². The smallest absolute Gasteiger partial charge is 0.407 e. The lowest BCUT2D eigenvalue weighted by atomic mass is 10.2. The molecule has 0 aliphatic carbocycles. The summed E-state index contributed by atoms with van der Waals surface area (Å²) in [6.45, 7) is 2.54. The van der Waals surface area contributed by atoms with E-state index < -0.39 is 12.2 Å². The number of alkyl carbamates (subject to hydrolysis) is 1. The van der Waals surface area contributed by atoms with Gasteiger partial charge in [-0.1, -0.05) is 12.1 Å². The van der Waals surface area contributed by atoms with Crippen molar-refractivity contribution >= 4 is 17.7 Å². The molecule has 1 heterocycles. The zero-order valence-electron chi connectivity index (χ0n) is 15.2. The highest BCUT2D eigenvalue weighted by atomic mass is 19.1. The largest absolute Gasteiger partial charge is 0.489 e. The number of ether oxygens (including phenoxy) is 2. The fourth-order valence-corrected chi connectivity index (χ4v) is 2.92. The Morgan fingerprint density at radius 2 is 2.00 bits per heavy atom. The summed E-state index contributed by atoms with van der Waals surface area (Å²) in [5.41, 5.74) is 2.47. The third-order valence-electron chi connectivity index (χ3n) is 4.35. The average Bonchev–Trinajstić information content (AvgIpc) is 3.02. The first-order valence-corrected chi connectivity index (χ1v) is 8.63. The van der Waals surface area contributed by atoms with Crippen molar-refractivity contribution in [3.63, 3.8) is 0 Å². The minimum atomic E-state index is -0.546. The Morgan fingerprint density at radius 1 is 1.26 bits per heavy atom. The summed E-state index contributed by atoms with van der Waals surface area (Å²) in [7, 11) is 1.48. The van der Waals surface area contributed by atoms with Crippen molar-refractivity contribution in [1.29, 1.82) is 0 Å². The van der Waals surface area contributed by atoms with Gasteiger partial charge in [0.15, 0.2) is 0 Å². The molecule has 3 rings (SSSR count). The van der Waals surface area contributed by atoms with Crippen LogP contribution in [-0.4, -0.2) is 31.7 Å². The molecule has 1 N–H and O–H groups in total. The van der Waals surface area contributed by atoms with Gasteiger partial charge >= 0.3 is 6.09 Å². The first kappa shape index (κ1) is 18.7. The molecule has 6 nitrogen and oxygen atoms in total. The number of benzene rings is 2. The van der Waals surface area contributed by atoms with Crippen molar-refractivity contribution in [1.82, 2.24) is 5.32 Å². The van der Waals surface area contributed by atoms with Crippen molar-refractivity contribution < 1.29 is 23.5 Å². The zero-order chi connectivity index (χ0) is 19.4. The molecule has 0 bridgehead atoms. The fraction of sp³-hybridized carbons (Fsp3) is 0.300. The Morgan fingerprint density at radius 3 is 2.67 bits per heavy atom. The summed E-state index contributed by atoms with van der Waals surface area (Å²) in [5.74, 6) is 0.310. The summed E-state index contributed by atoms with van der Waals surface area (Å²) in [6.07, 6.45) is -0.850. The highest BCUT2D eigenvalue weighted by molar-refractivity contribution is 5.96. The topological polar surface area (TPSA) is 67.9 Å². The van der Waals surface area contributed by atoms with E-state index >= 15 is 0 Å². The van der Waals surface area contributed by atoms with E-state index in [2.05, 4.69) is 5.32 Å². The standard InChI is InChI=1S/C20H21FN2O4/c1-13-9-16(23-11-17(10-19(23)24)27-20(25)22-2)7-8-18(13)26-12-14-3-5-15(21)6-4-14/h3-9,17H,10-12H2,1-2H3,(H,22,25). The zero-order valence-corrected chi connectivity index (χ0v) is 15.2. The normalized spacial score (nSPS) is 16.3. The number of hydrogen-bond donors (Lipinski definition) is 1. The number of carbonyl (C=O) groups is 2. The number of hydrogen-bond acceptors (Lipinski definition) is 4. The van der Waals surface area contributed by atoms with Gasteiger partial charge in [-0.2, -0.15) is 0 Å². The van der Waals surface area contributed by atoms with Gasteiger partial charge in [0.2, 0.25) is 5.91 Å². The van der Waals surface area contributed by atoms with E-state index in [1.165, 1.54) is 19.2 Å². The minimum absolute atomic E-state index is 0.0942. The first-order chi connectivity index (χ1) is 13.0. The van der Waals surface area contributed by atoms with Gasteiger partial charge in [-0.05, 0) is 48.4 Å². The number of nitrogens with one attached hydrogen (secondary N) is 1. The molecule has 2 aromatic rings. The molecule has 1 atom stereocenters. The van der Waals surface area contributed by atoms with Crippen molar-refractivity contribution in [3.05, 3.63) is 59.4 Å². The van der Waals surface area contributed by atoms with Crippen molar-refractivity contribution in [3.8, 4) is 5.75 Å². The number of nitrogens with zero attached hydrogens (tertiary/aromatic N) is 1. The predicted octanol–water partition coefficient (Wildman–Crippen LogP) is 3.17. The number of carbonyl (C=O) groups excluding carboxylic acids is 2. The molecule has 1 saturated heterocycles. The van der Waals surface area contributed by atoms with Crippen LogP contribution in [0.15, 0.2) is 42.5 Å². The van der Waals surface area contributed by atoms with Gasteiger partial charge in [0.05, 0.1) is 13.0 Å². The Balaban J connectivity index is 1.64. The molecule has 1 aliphatic rings. The third-order valence-corrected chi connectivity index (χ3v) is 4.35. The Bertz CT molecular complexity index is 838. The molecule has 2 amide bonds.